The van der Waals surface area contributed by atoms with Crippen LogP contribution in [-0.4, -0.2) is 82.5 Å². The molecule has 0 unspecified atom stereocenters. The summed E-state index contributed by atoms with van der Waals surface area (Å²) >= 11 is 0. The summed E-state index contributed by atoms with van der Waals surface area (Å²) in [7, 11) is 4.10. The molecule has 0 bridgehead atoms. The highest BCUT2D eigenvalue weighted by Crippen LogP contribution is 2.32. The van der Waals surface area contributed by atoms with Gasteiger partial charge in [-0.25, -0.2) is 9.97 Å². The van der Waals surface area contributed by atoms with Crippen LogP contribution in [0.5, 0.6) is 0 Å². The molecule has 2 aliphatic rings. The normalized spacial score (nSPS) is 23.7. The highest BCUT2D eigenvalue weighted by molar-refractivity contribution is 5.53. The number of aromatic nitrogens is 4. The predicted molar refractivity (Wildman–Crippen MR) is 96.3 cm³/mol. The molecule has 2 saturated heterocycles. The third kappa shape index (κ3) is 3.36. The fourth-order valence-corrected chi connectivity index (χ4v) is 3.74. The van der Waals surface area contributed by atoms with Crippen LogP contribution in [0.2, 0.25) is 0 Å². The Morgan fingerprint density at radius 2 is 2.00 bits per heavy atom. The zero-order chi connectivity index (χ0) is 18.3. The number of aliphatic hydroxyl groups excluding tert-OH is 1. The Balaban J connectivity index is 1.45. The molecule has 4 heterocycles. The van der Waals surface area contributed by atoms with Crippen molar-refractivity contribution in [3.63, 3.8) is 0 Å². The van der Waals surface area contributed by atoms with Crippen molar-refractivity contribution in [2.75, 3.05) is 50.1 Å². The van der Waals surface area contributed by atoms with E-state index in [1.807, 2.05) is 27.1 Å². The number of hydrogen-bond donors (Lipinski definition) is 1. The largest absolute Gasteiger partial charge is 0.391 e. The molecule has 2 atom stereocenters. The van der Waals surface area contributed by atoms with Gasteiger partial charge >= 0.3 is 0 Å². The maximum absolute atomic E-state index is 10.1. The van der Waals surface area contributed by atoms with Crippen molar-refractivity contribution in [1.29, 1.82) is 0 Å². The summed E-state index contributed by atoms with van der Waals surface area (Å²) in [4.78, 5) is 19.7. The van der Waals surface area contributed by atoms with Gasteiger partial charge in [-0.15, -0.1) is 0 Å². The first kappa shape index (κ1) is 17.2. The van der Waals surface area contributed by atoms with E-state index in [9.17, 15) is 5.11 Å². The fourth-order valence-electron chi connectivity index (χ4n) is 3.74. The van der Waals surface area contributed by atoms with Crippen molar-refractivity contribution < 1.29 is 9.63 Å². The minimum atomic E-state index is -0.312. The third-order valence-corrected chi connectivity index (χ3v) is 5.00. The maximum Gasteiger partial charge on any atom is 0.233 e. The van der Waals surface area contributed by atoms with E-state index < -0.39 is 0 Å². The molecule has 4 rings (SSSR count). The number of rotatable bonds is 5. The van der Waals surface area contributed by atoms with Crippen LogP contribution in [0.1, 0.15) is 24.1 Å². The number of anilines is 2. The average molecular weight is 359 g/mol. The Morgan fingerprint density at radius 1 is 1.23 bits per heavy atom. The Kier molecular flexibility index (Phi) is 4.49. The highest BCUT2D eigenvalue weighted by Gasteiger charge is 2.35. The second-order valence-electron chi connectivity index (χ2n) is 7.47. The van der Waals surface area contributed by atoms with Crippen molar-refractivity contribution in [2.24, 2.45) is 0 Å². The summed E-state index contributed by atoms with van der Waals surface area (Å²) in [6.07, 6.45) is 2.05. The lowest BCUT2D eigenvalue weighted by Gasteiger charge is -2.38. The zero-order valence-electron chi connectivity index (χ0n) is 15.4. The number of likely N-dealkylation sites (N-methyl/N-ethyl adjacent to an activating group) is 1. The van der Waals surface area contributed by atoms with Gasteiger partial charge in [0.15, 0.2) is 5.82 Å². The first-order valence-electron chi connectivity index (χ1n) is 8.96. The molecule has 1 N–H and O–H groups in total. The maximum atomic E-state index is 10.1. The van der Waals surface area contributed by atoms with Gasteiger partial charge in [-0.05, 0) is 27.4 Å². The number of aliphatic hydroxyl groups is 1. The van der Waals surface area contributed by atoms with Crippen LogP contribution in [0.25, 0.3) is 0 Å². The van der Waals surface area contributed by atoms with Crippen molar-refractivity contribution in [3.05, 3.63) is 24.1 Å². The number of β-amino-alcohol motifs (C(OH)–C–C–N with tert-alkyl or cyclic N) is 1. The van der Waals surface area contributed by atoms with Crippen molar-refractivity contribution in [2.45, 2.75) is 31.4 Å². The first-order chi connectivity index (χ1) is 12.5. The Labute approximate surface area is 152 Å². The Hall–Kier alpha value is -2.26. The highest BCUT2D eigenvalue weighted by atomic mass is 16.5. The summed E-state index contributed by atoms with van der Waals surface area (Å²) in [6, 6.07) is 2.27. The van der Waals surface area contributed by atoms with Gasteiger partial charge < -0.3 is 24.3 Å². The first-order valence-corrected chi connectivity index (χ1v) is 8.96. The van der Waals surface area contributed by atoms with E-state index in [0.29, 0.717) is 18.3 Å². The summed E-state index contributed by atoms with van der Waals surface area (Å²) < 4.78 is 5.26. The third-order valence-electron chi connectivity index (χ3n) is 5.00. The Morgan fingerprint density at radius 3 is 2.69 bits per heavy atom. The van der Waals surface area contributed by atoms with Crippen molar-refractivity contribution in [1.82, 2.24) is 25.0 Å². The van der Waals surface area contributed by atoms with Gasteiger partial charge in [0.1, 0.15) is 18.0 Å². The molecule has 0 saturated carbocycles. The second kappa shape index (κ2) is 6.81. The second-order valence-corrected chi connectivity index (χ2v) is 7.47. The molecule has 26 heavy (non-hydrogen) atoms. The summed E-state index contributed by atoms with van der Waals surface area (Å²) in [5, 5.41) is 14.0. The van der Waals surface area contributed by atoms with Crippen molar-refractivity contribution in [3.8, 4) is 0 Å². The lowest BCUT2D eigenvalue weighted by Crippen LogP contribution is -2.46. The predicted octanol–water partition coefficient (Wildman–Crippen LogP) is 0.273. The molecule has 9 nitrogen and oxygen atoms in total. The molecular formula is C17H25N7O2. The van der Waals surface area contributed by atoms with Gasteiger partial charge in [0.05, 0.1) is 12.0 Å². The monoisotopic (exact) mass is 359 g/mol. The lowest BCUT2D eigenvalue weighted by atomic mass is 10.0. The molecular weight excluding hydrogens is 334 g/mol. The van der Waals surface area contributed by atoms with E-state index in [-0.39, 0.29) is 18.1 Å². The summed E-state index contributed by atoms with van der Waals surface area (Å²) in [5.74, 6) is 3.39. The van der Waals surface area contributed by atoms with Crippen LogP contribution in [-0.2, 0) is 0 Å². The molecule has 2 fully saturated rings. The van der Waals surface area contributed by atoms with Gasteiger partial charge in [-0.2, -0.15) is 4.98 Å². The quantitative estimate of drug-likeness (QED) is 0.807. The minimum absolute atomic E-state index is 0.254. The number of nitrogens with zero attached hydrogens (tertiary/aromatic N) is 7. The summed E-state index contributed by atoms with van der Waals surface area (Å²) in [5.41, 5.74) is 0. The van der Waals surface area contributed by atoms with E-state index in [0.717, 1.165) is 37.7 Å². The van der Waals surface area contributed by atoms with E-state index in [4.69, 9.17) is 4.52 Å². The van der Waals surface area contributed by atoms with Gasteiger partial charge in [-0.3, -0.25) is 0 Å². The standard InChI is InChI=1S/C17H25N7O2/c1-11-20-17(26-21-11)12-6-23(7-12)15-5-16(19-10-18-15)24-9-14(25)4-13(24)8-22(2)3/h5,10,12-14,25H,4,6-9H2,1-3H3/t13-,14-/m1/s1. The molecule has 2 aromatic rings. The molecule has 0 amide bonds. The summed E-state index contributed by atoms with van der Waals surface area (Å²) in [6.45, 7) is 4.94. The number of aryl methyl sites for hydroxylation is 1. The van der Waals surface area contributed by atoms with Crippen LogP contribution >= 0.6 is 0 Å². The van der Waals surface area contributed by atoms with E-state index in [1.165, 1.54) is 0 Å². The topological polar surface area (TPSA) is 94.7 Å². The smallest absolute Gasteiger partial charge is 0.233 e. The fraction of sp³-hybridized carbons (Fsp3) is 0.647. The van der Waals surface area contributed by atoms with Crippen LogP contribution < -0.4 is 9.80 Å². The zero-order valence-corrected chi connectivity index (χ0v) is 15.4. The van der Waals surface area contributed by atoms with Gasteiger partial charge in [0, 0.05) is 38.3 Å². The minimum Gasteiger partial charge on any atom is -0.391 e. The van der Waals surface area contributed by atoms with Crippen LogP contribution in [0, 0.1) is 6.92 Å². The van der Waals surface area contributed by atoms with Crippen LogP contribution in [0.15, 0.2) is 16.9 Å². The molecule has 0 aromatic carbocycles. The average Bonchev–Trinajstić information content (AvgIpc) is 3.12. The molecule has 0 radical (unpaired) electrons. The number of hydrogen-bond acceptors (Lipinski definition) is 9. The van der Waals surface area contributed by atoms with Gasteiger partial charge in [0.25, 0.3) is 0 Å². The SMILES string of the molecule is Cc1noc(C2CN(c3cc(N4C[C@H](O)C[C@@H]4CN(C)C)ncn3)C2)n1. The molecule has 2 aliphatic heterocycles. The van der Waals surface area contributed by atoms with E-state index >= 15 is 0 Å². The van der Waals surface area contributed by atoms with E-state index in [2.05, 4.69) is 34.8 Å². The molecule has 140 valence electrons. The molecule has 9 heteroatoms. The van der Waals surface area contributed by atoms with E-state index in [1.54, 1.807) is 6.33 Å². The van der Waals surface area contributed by atoms with Crippen LogP contribution in [0.4, 0.5) is 11.6 Å². The molecule has 0 aliphatic carbocycles. The lowest BCUT2D eigenvalue weighted by molar-refractivity contribution is 0.191. The van der Waals surface area contributed by atoms with Gasteiger partial charge in [-0.1, -0.05) is 5.16 Å². The van der Waals surface area contributed by atoms with Crippen LogP contribution in [0.3, 0.4) is 0 Å². The molecule has 0 spiro atoms. The molecule has 2 aromatic heterocycles. The van der Waals surface area contributed by atoms with Crippen molar-refractivity contribution >= 4 is 11.6 Å². The Bertz CT molecular complexity index is 759. The van der Waals surface area contributed by atoms with Gasteiger partial charge in [0.2, 0.25) is 5.89 Å².